The Morgan fingerprint density at radius 2 is 2.21 bits per heavy atom. The van der Waals surface area contributed by atoms with Gasteiger partial charge in [0.2, 0.25) is 0 Å². The Bertz CT molecular complexity index is 695. The van der Waals surface area contributed by atoms with Crippen LogP contribution in [-0.2, 0) is 0 Å². The predicted octanol–water partition coefficient (Wildman–Crippen LogP) is 3.11. The summed E-state index contributed by atoms with van der Waals surface area (Å²) in [5.74, 6) is 1.14. The van der Waals surface area contributed by atoms with Crippen LogP contribution in [0.25, 0.3) is 0 Å². The van der Waals surface area contributed by atoms with Crippen LogP contribution in [0.2, 0.25) is 0 Å². The molecule has 5 nitrogen and oxygen atoms in total. The summed E-state index contributed by atoms with van der Waals surface area (Å²) in [6.07, 6.45) is 2.18. The Hall–Kier alpha value is -1.92. The fourth-order valence-electron chi connectivity index (χ4n) is 2.91. The Morgan fingerprint density at radius 3 is 2.96 bits per heavy atom. The van der Waals surface area contributed by atoms with Crippen LogP contribution in [0.4, 0.5) is 0 Å². The molecule has 24 heavy (non-hydrogen) atoms. The number of amides is 1. The molecule has 1 fully saturated rings. The standard InChI is InChI=1S/C18H23N3O2S/c1-12(14-4-3-5-15(10-14)23-2)20-17(22)16-11-24-18(21-16)13-6-8-19-9-7-13/h3-5,10-13,19H,6-9H2,1-2H3,(H,20,22). The summed E-state index contributed by atoms with van der Waals surface area (Å²) in [7, 11) is 1.64. The molecule has 0 spiro atoms. The molecule has 1 aliphatic rings. The van der Waals surface area contributed by atoms with Gasteiger partial charge >= 0.3 is 0 Å². The van der Waals surface area contributed by atoms with Gasteiger partial charge in [-0.1, -0.05) is 12.1 Å². The molecule has 0 radical (unpaired) electrons. The molecule has 0 aliphatic carbocycles. The van der Waals surface area contributed by atoms with Crippen LogP contribution in [-0.4, -0.2) is 31.1 Å². The van der Waals surface area contributed by atoms with Crippen LogP contribution in [0.3, 0.4) is 0 Å². The fraction of sp³-hybridized carbons (Fsp3) is 0.444. The lowest BCUT2D eigenvalue weighted by Gasteiger charge is -2.20. The van der Waals surface area contributed by atoms with Crippen molar-refractivity contribution in [2.45, 2.75) is 31.7 Å². The van der Waals surface area contributed by atoms with Crippen LogP contribution in [0, 0.1) is 0 Å². The maximum absolute atomic E-state index is 12.5. The lowest BCUT2D eigenvalue weighted by Crippen LogP contribution is -2.28. The van der Waals surface area contributed by atoms with Gasteiger partial charge in [0.05, 0.1) is 18.2 Å². The minimum atomic E-state index is -0.123. The Labute approximate surface area is 146 Å². The summed E-state index contributed by atoms with van der Waals surface area (Å²) in [5.41, 5.74) is 1.53. The molecule has 128 valence electrons. The highest BCUT2D eigenvalue weighted by Gasteiger charge is 2.21. The van der Waals surface area contributed by atoms with Crippen LogP contribution < -0.4 is 15.4 Å². The molecule has 6 heteroatoms. The van der Waals surface area contributed by atoms with Gasteiger partial charge < -0.3 is 15.4 Å². The van der Waals surface area contributed by atoms with Crippen LogP contribution in [0.1, 0.15) is 52.8 Å². The van der Waals surface area contributed by atoms with E-state index in [0.29, 0.717) is 11.6 Å². The summed E-state index contributed by atoms with van der Waals surface area (Å²) < 4.78 is 5.24. The van der Waals surface area contributed by atoms with Gasteiger partial charge in [0, 0.05) is 11.3 Å². The van der Waals surface area contributed by atoms with Crippen LogP contribution in [0.15, 0.2) is 29.6 Å². The number of hydrogen-bond acceptors (Lipinski definition) is 5. The van der Waals surface area contributed by atoms with E-state index in [4.69, 9.17) is 4.74 Å². The molecule has 1 aliphatic heterocycles. The highest BCUT2D eigenvalue weighted by atomic mass is 32.1. The molecule has 0 saturated carbocycles. The third kappa shape index (κ3) is 3.94. The number of benzene rings is 1. The molecule has 0 bridgehead atoms. The van der Waals surface area contributed by atoms with E-state index < -0.39 is 0 Å². The average molecular weight is 345 g/mol. The first kappa shape index (κ1) is 16.9. The van der Waals surface area contributed by atoms with Gasteiger partial charge in [0.25, 0.3) is 5.91 Å². The average Bonchev–Trinajstić information content (AvgIpc) is 3.13. The van der Waals surface area contributed by atoms with Crippen molar-refractivity contribution >= 4 is 17.2 Å². The zero-order valence-corrected chi connectivity index (χ0v) is 14.9. The number of rotatable bonds is 5. The lowest BCUT2D eigenvalue weighted by atomic mass is 9.99. The second-order valence-corrected chi connectivity index (χ2v) is 6.96. The molecule has 2 heterocycles. The molecule has 1 atom stereocenters. The number of aromatic nitrogens is 1. The number of ether oxygens (including phenoxy) is 1. The second kappa shape index (κ2) is 7.77. The van der Waals surface area contributed by atoms with E-state index in [-0.39, 0.29) is 11.9 Å². The molecule has 1 unspecified atom stereocenters. The largest absolute Gasteiger partial charge is 0.497 e. The number of piperidine rings is 1. The van der Waals surface area contributed by atoms with Crippen molar-refractivity contribution in [3.05, 3.63) is 45.9 Å². The summed E-state index contributed by atoms with van der Waals surface area (Å²) in [5, 5.41) is 9.32. The van der Waals surface area contributed by atoms with Gasteiger partial charge in [0.1, 0.15) is 11.4 Å². The van der Waals surface area contributed by atoms with E-state index in [9.17, 15) is 4.79 Å². The van der Waals surface area contributed by atoms with E-state index in [1.807, 2.05) is 36.6 Å². The van der Waals surface area contributed by atoms with Gasteiger partial charge in [-0.2, -0.15) is 0 Å². The molecule has 2 N–H and O–H groups in total. The zero-order chi connectivity index (χ0) is 16.9. The van der Waals surface area contributed by atoms with Crippen LogP contribution in [0.5, 0.6) is 5.75 Å². The summed E-state index contributed by atoms with van der Waals surface area (Å²) >= 11 is 1.59. The number of carbonyl (C=O) groups is 1. The molecule has 2 aromatic rings. The van der Waals surface area contributed by atoms with E-state index in [0.717, 1.165) is 42.3 Å². The van der Waals surface area contributed by atoms with Gasteiger partial charge in [-0.3, -0.25) is 4.79 Å². The smallest absolute Gasteiger partial charge is 0.271 e. The van der Waals surface area contributed by atoms with Gasteiger partial charge in [-0.15, -0.1) is 11.3 Å². The first-order valence-corrected chi connectivity index (χ1v) is 9.16. The monoisotopic (exact) mass is 345 g/mol. The zero-order valence-electron chi connectivity index (χ0n) is 14.0. The van der Waals surface area contributed by atoms with Crippen molar-refractivity contribution < 1.29 is 9.53 Å². The Balaban J connectivity index is 1.64. The number of methoxy groups -OCH3 is 1. The summed E-state index contributed by atoms with van der Waals surface area (Å²) in [6, 6.07) is 7.64. The number of nitrogens with one attached hydrogen (secondary N) is 2. The predicted molar refractivity (Wildman–Crippen MR) is 95.8 cm³/mol. The number of carbonyl (C=O) groups excluding carboxylic acids is 1. The van der Waals surface area contributed by atoms with E-state index in [1.54, 1.807) is 18.4 Å². The van der Waals surface area contributed by atoms with Gasteiger partial charge in [0.15, 0.2) is 0 Å². The molecule has 1 amide bonds. The SMILES string of the molecule is COc1cccc(C(C)NC(=O)c2csc(C3CCNCC3)n2)c1. The van der Waals surface area contributed by atoms with E-state index >= 15 is 0 Å². The first-order chi connectivity index (χ1) is 11.7. The molecule has 1 aromatic carbocycles. The highest BCUT2D eigenvalue weighted by Crippen LogP contribution is 2.28. The van der Waals surface area contributed by atoms with Crippen molar-refractivity contribution in [3.63, 3.8) is 0 Å². The topological polar surface area (TPSA) is 63.2 Å². The van der Waals surface area contributed by atoms with E-state index in [1.165, 1.54) is 0 Å². The molecular weight excluding hydrogens is 322 g/mol. The minimum Gasteiger partial charge on any atom is -0.497 e. The molecule has 1 aromatic heterocycles. The number of hydrogen-bond donors (Lipinski definition) is 2. The number of nitrogens with zero attached hydrogens (tertiary/aromatic N) is 1. The maximum Gasteiger partial charge on any atom is 0.271 e. The van der Waals surface area contributed by atoms with Crippen LogP contribution >= 0.6 is 11.3 Å². The van der Waals surface area contributed by atoms with Crippen molar-refractivity contribution in [2.24, 2.45) is 0 Å². The highest BCUT2D eigenvalue weighted by molar-refractivity contribution is 7.09. The summed E-state index contributed by atoms with van der Waals surface area (Å²) in [4.78, 5) is 17.0. The number of thiazole rings is 1. The third-order valence-electron chi connectivity index (χ3n) is 4.38. The fourth-order valence-corrected chi connectivity index (χ4v) is 3.88. The first-order valence-electron chi connectivity index (χ1n) is 8.28. The van der Waals surface area contributed by atoms with Crippen molar-refractivity contribution in [3.8, 4) is 5.75 Å². The molecular formula is C18H23N3O2S. The Morgan fingerprint density at radius 1 is 1.42 bits per heavy atom. The van der Waals surface area contributed by atoms with Crippen molar-refractivity contribution in [2.75, 3.05) is 20.2 Å². The van der Waals surface area contributed by atoms with Crippen molar-refractivity contribution in [1.82, 2.24) is 15.6 Å². The normalized spacial score (nSPS) is 16.6. The third-order valence-corrected chi connectivity index (χ3v) is 5.39. The maximum atomic E-state index is 12.5. The summed E-state index contributed by atoms with van der Waals surface area (Å²) in [6.45, 7) is 4.02. The van der Waals surface area contributed by atoms with Gasteiger partial charge in [-0.05, 0) is 50.6 Å². The lowest BCUT2D eigenvalue weighted by molar-refractivity contribution is 0.0935. The van der Waals surface area contributed by atoms with Gasteiger partial charge in [-0.25, -0.2) is 4.98 Å². The Kier molecular flexibility index (Phi) is 5.48. The minimum absolute atomic E-state index is 0.100. The van der Waals surface area contributed by atoms with Crippen molar-refractivity contribution in [1.29, 1.82) is 0 Å². The molecule has 3 rings (SSSR count). The molecule has 1 saturated heterocycles. The quantitative estimate of drug-likeness (QED) is 0.874. The second-order valence-electron chi connectivity index (χ2n) is 6.07. The van der Waals surface area contributed by atoms with E-state index in [2.05, 4.69) is 15.6 Å².